The summed E-state index contributed by atoms with van der Waals surface area (Å²) >= 11 is 0. The molecule has 0 amide bonds. The van der Waals surface area contributed by atoms with E-state index in [0.717, 1.165) is 33.3 Å². The molecule has 0 fully saturated rings. The molecule has 148 valence electrons. The smallest absolute Gasteiger partial charge is 0.211 e. The molecule has 0 radical (unpaired) electrons. The number of sulfonamides is 1. The van der Waals surface area contributed by atoms with Crippen molar-refractivity contribution in [3.8, 4) is 6.07 Å². The van der Waals surface area contributed by atoms with Crippen molar-refractivity contribution >= 4 is 37.9 Å². The average Bonchev–Trinajstić information content (AvgIpc) is 3.19. The van der Waals surface area contributed by atoms with Crippen LogP contribution < -0.4 is 5.32 Å². The zero-order chi connectivity index (χ0) is 20.6. The lowest BCUT2D eigenvalue weighted by atomic mass is 9.98. The standard InChI is InChI=1S/C21H21N5O2S/c1-14-17-5-8-24-20(17)4-3-19(14)25-21-16(11-22)12-23-13-18(21)15-6-9-26(10-7-15)29(2,27)28/h3-6,8,12-13,24H,7,9-10H2,1-2H3,(H,23,25). The highest BCUT2D eigenvalue weighted by molar-refractivity contribution is 7.88. The summed E-state index contributed by atoms with van der Waals surface area (Å²) in [4.78, 5) is 7.43. The molecular formula is C21H21N5O2S. The number of aryl methyl sites for hydroxylation is 1. The summed E-state index contributed by atoms with van der Waals surface area (Å²) in [6.07, 6.45) is 8.86. The Labute approximate surface area is 169 Å². The second kappa shape index (κ2) is 7.35. The molecule has 0 atom stereocenters. The van der Waals surface area contributed by atoms with Gasteiger partial charge in [-0.1, -0.05) is 6.08 Å². The average molecular weight is 407 g/mol. The molecule has 0 unspecified atom stereocenters. The number of benzene rings is 1. The second-order valence-corrected chi connectivity index (χ2v) is 9.11. The van der Waals surface area contributed by atoms with Crippen molar-refractivity contribution in [3.05, 3.63) is 59.6 Å². The number of nitrogens with zero attached hydrogens (tertiary/aromatic N) is 3. The lowest BCUT2D eigenvalue weighted by Gasteiger charge is -2.25. The van der Waals surface area contributed by atoms with Crippen LogP contribution in [0.4, 0.5) is 11.4 Å². The molecular weight excluding hydrogens is 386 g/mol. The maximum atomic E-state index is 11.8. The van der Waals surface area contributed by atoms with Gasteiger partial charge in [0, 0.05) is 53.8 Å². The second-order valence-electron chi connectivity index (χ2n) is 7.12. The van der Waals surface area contributed by atoms with Crippen molar-refractivity contribution in [1.82, 2.24) is 14.3 Å². The third-order valence-corrected chi connectivity index (χ3v) is 6.59. The fourth-order valence-corrected chi connectivity index (χ4v) is 4.44. The zero-order valence-electron chi connectivity index (χ0n) is 16.2. The fourth-order valence-electron chi connectivity index (χ4n) is 3.67. The lowest BCUT2D eigenvalue weighted by Crippen LogP contribution is -2.33. The van der Waals surface area contributed by atoms with Gasteiger partial charge in [-0.05, 0) is 42.7 Å². The molecule has 4 rings (SSSR count). The SMILES string of the molecule is Cc1c(Nc2c(C#N)cncc2C2=CCN(S(C)(=O)=O)CC2)ccc2[nH]ccc12. The van der Waals surface area contributed by atoms with E-state index in [-0.39, 0.29) is 0 Å². The van der Waals surface area contributed by atoms with E-state index in [1.807, 2.05) is 37.4 Å². The summed E-state index contributed by atoms with van der Waals surface area (Å²) in [7, 11) is -3.22. The predicted octanol–water partition coefficient (Wildman–Crippen LogP) is 3.54. The molecule has 1 aliphatic rings. The van der Waals surface area contributed by atoms with Gasteiger partial charge in [0.05, 0.1) is 17.5 Å². The number of aromatic amines is 1. The van der Waals surface area contributed by atoms with Gasteiger partial charge < -0.3 is 10.3 Å². The monoisotopic (exact) mass is 407 g/mol. The van der Waals surface area contributed by atoms with E-state index < -0.39 is 10.0 Å². The number of rotatable bonds is 4. The van der Waals surface area contributed by atoms with E-state index in [1.165, 1.54) is 10.6 Å². The molecule has 3 aromatic rings. The molecule has 7 nitrogen and oxygen atoms in total. The Bertz CT molecular complexity index is 1270. The van der Waals surface area contributed by atoms with Crippen LogP contribution in [0.15, 0.2) is 42.9 Å². The maximum absolute atomic E-state index is 11.8. The van der Waals surface area contributed by atoms with Crippen molar-refractivity contribution in [2.75, 3.05) is 24.7 Å². The van der Waals surface area contributed by atoms with E-state index in [4.69, 9.17) is 0 Å². The van der Waals surface area contributed by atoms with Crippen LogP contribution in [-0.4, -0.2) is 42.0 Å². The third-order valence-electron chi connectivity index (χ3n) is 5.32. The molecule has 8 heteroatoms. The Morgan fingerprint density at radius 2 is 2.10 bits per heavy atom. The summed E-state index contributed by atoms with van der Waals surface area (Å²) in [6.45, 7) is 2.77. The van der Waals surface area contributed by atoms with E-state index in [0.29, 0.717) is 30.8 Å². The Morgan fingerprint density at radius 1 is 1.28 bits per heavy atom. The highest BCUT2D eigenvalue weighted by atomic mass is 32.2. The molecule has 3 heterocycles. The first-order valence-corrected chi connectivity index (χ1v) is 11.1. The van der Waals surface area contributed by atoms with Crippen LogP contribution in [0.2, 0.25) is 0 Å². The number of aromatic nitrogens is 2. The third kappa shape index (κ3) is 3.62. The van der Waals surface area contributed by atoms with Gasteiger partial charge in [0.25, 0.3) is 0 Å². The highest BCUT2D eigenvalue weighted by Crippen LogP contribution is 2.35. The molecule has 0 saturated heterocycles. The van der Waals surface area contributed by atoms with E-state index in [2.05, 4.69) is 21.4 Å². The minimum atomic E-state index is -3.22. The summed E-state index contributed by atoms with van der Waals surface area (Å²) < 4.78 is 25.0. The summed E-state index contributed by atoms with van der Waals surface area (Å²) in [6, 6.07) is 8.23. The van der Waals surface area contributed by atoms with Crippen molar-refractivity contribution in [2.45, 2.75) is 13.3 Å². The van der Waals surface area contributed by atoms with Crippen LogP contribution in [0.5, 0.6) is 0 Å². The summed E-state index contributed by atoms with van der Waals surface area (Å²) in [5.41, 5.74) is 6.00. The van der Waals surface area contributed by atoms with Gasteiger partial charge in [-0.15, -0.1) is 0 Å². The van der Waals surface area contributed by atoms with Crippen molar-refractivity contribution in [3.63, 3.8) is 0 Å². The lowest BCUT2D eigenvalue weighted by molar-refractivity contribution is 0.446. The first-order chi connectivity index (χ1) is 13.9. The first kappa shape index (κ1) is 19.2. The molecule has 0 spiro atoms. The number of nitrogens with one attached hydrogen (secondary N) is 2. The van der Waals surface area contributed by atoms with E-state index >= 15 is 0 Å². The molecule has 2 aromatic heterocycles. The summed E-state index contributed by atoms with van der Waals surface area (Å²) in [5, 5.41) is 14.2. The van der Waals surface area contributed by atoms with E-state index in [9.17, 15) is 13.7 Å². The molecule has 1 aromatic carbocycles. The molecule has 0 bridgehead atoms. The largest absolute Gasteiger partial charge is 0.361 e. The van der Waals surface area contributed by atoms with Gasteiger partial charge in [0.15, 0.2) is 0 Å². The molecule has 2 N–H and O–H groups in total. The zero-order valence-corrected chi connectivity index (χ0v) is 17.0. The maximum Gasteiger partial charge on any atom is 0.211 e. The van der Waals surface area contributed by atoms with Gasteiger partial charge in [-0.2, -0.15) is 9.57 Å². The number of hydrogen-bond acceptors (Lipinski definition) is 5. The normalized spacial score (nSPS) is 15.1. The van der Waals surface area contributed by atoms with Crippen molar-refractivity contribution < 1.29 is 8.42 Å². The number of fused-ring (bicyclic) bond motifs is 1. The molecule has 0 aliphatic carbocycles. The predicted molar refractivity (Wildman–Crippen MR) is 114 cm³/mol. The van der Waals surface area contributed by atoms with Crippen LogP contribution >= 0.6 is 0 Å². The topological polar surface area (TPSA) is 102 Å². The fraction of sp³-hybridized carbons (Fsp3) is 0.238. The quantitative estimate of drug-likeness (QED) is 0.689. The Hall–Kier alpha value is -3.15. The number of H-pyrrole nitrogens is 1. The highest BCUT2D eigenvalue weighted by Gasteiger charge is 2.22. The van der Waals surface area contributed by atoms with Gasteiger partial charge in [0.1, 0.15) is 6.07 Å². The van der Waals surface area contributed by atoms with Gasteiger partial charge in [-0.3, -0.25) is 4.98 Å². The first-order valence-electron chi connectivity index (χ1n) is 9.25. The Kier molecular flexibility index (Phi) is 4.86. The summed E-state index contributed by atoms with van der Waals surface area (Å²) in [5.74, 6) is 0. The Morgan fingerprint density at radius 3 is 2.79 bits per heavy atom. The minimum absolute atomic E-state index is 0.318. The molecule has 1 aliphatic heterocycles. The van der Waals surface area contributed by atoms with Gasteiger partial charge in [0.2, 0.25) is 10.0 Å². The van der Waals surface area contributed by atoms with Gasteiger partial charge >= 0.3 is 0 Å². The van der Waals surface area contributed by atoms with Gasteiger partial charge in [-0.25, -0.2) is 8.42 Å². The number of nitriles is 1. The van der Waals surface area contributed by atoms with Crippen LogP contribution in [0, 0.1) is 18.3 Å². The van der Waals surface area contributed by atoms with Crippen molar-refractivity contribution in [1.29, 1.82) is 5.26 Å². The Balaban J connectivity index is 1.75. The molecule has 29 heavy (non-hydrogen) atoms. The van der Waals surface area contributed by atoms with Crippen molar-refractivity contribution in [2.24, 2.45) is 0 Å². The number of hydrogen-bond donors (Lipinski definition) is 2. The van der Waals surface area contributed by atoms with Crippen LogP contribution in [0.25, 0.3) is 16.5 Å². The minimum Gasteiger partial charge on any atom is -0.361 e. The molecule has 0 saturated carbocycles. The van der Waals surface area contributed by atoms with E-state index in [1.54, 1.807) is 12.4 Å². The van der Waals surface area contributed by atoms with Crippen LogP contribution in [0.1, 0.15) is 23.1 Å². The number of anilines is 2. The number of pyridine rings is 1. The van der Waals surface area contributed by atoms with Crippen LogP contribution in [0.3, 0.4) is 0 Å². The van der Waals surface area contributed by atoms with Crippen LogP contribution in [-0.2, 0) is 10.0 Å².